The van der Waals surface area contributed by atoms with Crippen molar-refractivity contribution in [1.29, 1.82) is 0 Å². The lowest BCUT2D eigenvalue weighted by Crippen LogP contribution is -2.18. The molecule has 1 aromatic rings. The van der Waals surface area contributed by atoms with Gasteiger partial charge in [-0.2, -0.15) is 0 Å². The van der Waals surface area contributed by atoms with Crippen molar-refractivity contribution in [3.05, 3.63) is 24.0 Å². The topological polar surface area (TPSA) is 88.5 Å². The first-order valence-corrected chi connectivity index (χ1v) is 5.15. The molecule has 0 aromatic carbocycles. The van der Waals surface area contributed by atoms with Crippen LogP contribution in [-0.2, 0) is 4.79 Å². The number of carboxylic acid groups (broad SMARTS) is 1. The third-order valence-corrected chi connectivity index (χ3v) is 2.06. The third-order valence-electron chi connectivity index (χ3n) is 2.06. The summed E-state index contributed by atoms with van der Waals surface area (Å²) in [4.78, 5) is 25.3. The number of hydrogen-bond donors (Lipinski definition) is 2. The van der Waals surface area contributed by atoms with Gasteiger partial charge in [0.1, 0.15) is 5.75 Å². The molecule has 92 valence electrons. The highest BCUT2D eigenvalue weighted by molar-refractivity contribution is 5.87. The summed E-state index contributed by atoms with van der Waals surface area (Å²) in [5.74, 6) is -0.707. The first kappa shape index (κ1) is 13.0. The maximum absolute atomic E-state index is 10.9. The molecule has 0 spiro atoms. The highest BCUT2D eigenvalue weighted by atomic mass is 16.5. The molecule has 0 aliphatic heterocycles. The summed E-state index contributed by atoms with van der Waals surface area (Å²) < 4.78 is 5.29. The number of hydrogen-bond acceptors (Lipinski definition) is 4. The number of nitrogens with one attached hydrogen (secondary N) is 1. The van der Waals surface area contributed by atoms with Crippen LogP contribution in [0.15, 0.2) is 18.5 Å². The molecular weight excluding hydrogens is 224 g/mol. The highest BCUT2D eigenvalue weighted by Gasteiger charge is 2.05. The van der Waals surface area contributed by atoms with E-state index in [2.05, 4.69) is 10.3 Å². The Bertz CT molecular complexity index is 406. The van der Waals surface area contributed by atoms with Crippen LogP contribution in [0, 0.1) is 0 Å². The molecule has 1 amide bonds. The first-order valence-electron chi connectivity index (χ1n) is 5.15. The predicted octanol–water partition coefficient (Wildman–Crippen LogP) is 0.685. The third kappa shape index (κ3) is 4.50. The molecule has 2 N–H and O–H groups in total. The van der Waals surface area contributed by atoms with E-state index in [1.54, 1.807) is 7.05 Å². The van der Waals surface area contributed by atoms with Crippen LogP contribution in [0.2, 0.25) is 0 Å². The Kier molecular flexibility index (Phi) is 4.93. The average Bonchev–Trinajstić information content (AvgIpc) is 2.34. The molecule has 0 saturated carbocycles. The molecule has 0 unspecified atom stereocenters. The summed E-state index contributed by atoms with van der Waals surface area (Å²) in [6, 6.07) is 1.40. The van der Waals surface area contributed by atoms with Crippen molar-refractivity contribution in [2.45, 2.75) is 12.8 Å². The molecule has 1 rings (SSSR count). The summed E-state index contributed by atoms with van der Waals surface area (Å²) in [5, 5.41) is 11.2. The van der Waals surface area contributed by atoms with E-state index < -0.39 is 5.97 Å². The molecule has 1 heterocycles. The maximum atomic E-state index is 10.9. The minimum atomic E-state index is -1.05. The van der Waals surface area contributed by atoms with Crippen LogP contribution in [0.3, 0.4) is 0 Å². The second kappa shape index (κ2) is 6.47. The van der Waals surface area contributed by atoms with Crippen molar-refractivity contribution in [3.8, 4) is 5.75 Å². The number of carbonyl (C=O) groups is 2. The highest BCUT2D eigenvalue weighted by Crippen LogP contribution is 2.11. The number of rotatable bonds is 6. The van der Waals surface area contributed by atoms with Gasteiger partial charge < -0.3 is 15.2 Å². The molecule has 0 radical (unpaired) electrons. The van der Waals surface area contributed by atoms with E-state index in [9.17, 15) is 9.59 Å². The SMILES string of the molecule is CNC(=O)CCCOc1cncc(C(=O)O)c1. The molecule has 0 atom stereocenters. The summed E-state index contributed by atoms with van der Waals surface area (Å²) in [5.41, 5.74) is 0.0776. The fourth-order valence-corrected chi connectivity index (χ4v) is 1.16. The quantitative estimate of drug-likeness (QED) is 0.711. The van der Waals surface area contributed by atoms with Gasteiger partial charge in [-0.1, -0.05) is 0 Å². The molecular formula is C11H14N2O4. The van der Waals surface area contributed by atoms with Crippen molar-refractivity contribution in [3.63, 3.8) is 0 Å². The normalized spacial score (nSPS) is 9.71. The zero-order valence-corrected chi connectivity index (χ0v) is 9.47. The van der Waals surface area contributed by atoms with E-state index >= 15 is 0 Å². The second-order valence-corrected chi connectivity index (χ2v) is 3.34. The number of aromatic carboxylic acids is 1. The second-order valence-electron chi connectivity index (χ2n) is 3.34. The van der Waals surface area contributed by atoms with Gasteiger partial charge in [-0.15, -0.1) is 0 Å². The minimum Gasteiger partial charge on any atom is -0.492 e. The fraction of sp³-hybridized carbons (Fsp3) is 0.364. The van der Waals surface area contributed by atoms with Crippen LogP contribution in [0.1, 0.15) is 23.2 Å². The largest absolute Gasteiger partial charge is 0.492 e. The van der Waals surface area contributed by atoms with Crippen LogP contribution >= 0.6 is 0 Å². The Labute approximate surface area is 98.6 Å². The summed E-state index contributed by atoms with van der Waals surface area (Å²) in [6.07, 6.45) is 3.63. The Morgan fingerprint density at radius 1 is 1.47 bits per heavy atom. The Balaban J connectivity index is 2.39. The molecule has 0 aliphatic carbocycles. The zero-order chi connectivity index (χ0) is 12.7. The van der Waals surface area contributed by atoms with Crippen molar-refractivity contribution < 1.29 is 19.4 Å². The number of ether oxygens (including phenoxy) is 1. The van der Waals surface area contributed by atoms with Gasteiger partial charge in [-0.25, -0.2) is 4.79 Å². The lowest BCUT2D eigenvalue weighted by atomic mass is 10.3. The van der Waals surface area contributed by atoms with E-state index in [-0.39, 0.29) is 11.5 Å². The number of aromatic nitrogens is 1. The van der Waals surface area contributed by atoms with E-state index in [0.29, 0.717) is 25.2 Å². The maximum Gasteiger partial charge on any atom is 0.337 e. The zero-order valence-electron chi connectivity index (χ0n) is 9.47. The van der Waals surface area contributed by atoms with Gasteiger partial charge in [0.2, 0.25) is 5.91 Å². The average molecular weight is 238 g/mol. The van der Waals surface area contributed by atoms with Gasteiger partial charge in [0, 0.05) is 19.7 Å². The predicted molar refractivity (Wildman–Crippen MR) is 60.0 cm³/mol. The van der Waals surface area contributed by atoms with E-state index in [4.69, 9.17) is 9.84 Å². The Morgan fingerprint density at radius 3 is 2.88 bits per heavy atom. The van der Waals surface area contributed by atoms with Gasteiger partial charge in [-0.3, -0.25) is 9.78 Å². The smallest absolute Gasteiger partial charge is 0.337 e. The molecule has 0 bridgehead atoms. The molecule has 17 heavy (non-hydrogen) atoms. The number of nitrogens with zero attached hydrogens (tertiary/aromatic N) is 1. The molecule has 0 fully saturated rings. The van der Waals surface area contributed by atoms with Crippen molar-refractivity contribution in [2.75, 3.05) is 13.7 Å². The standard InChI is InChI=1S/C11H14N2O4/c1-12-10(14)3-2-4-17-9-5-8(11(15)16)6-13-7-9/h5-7H,2-4H2,1H3,(H,12,14)(H,15,16). The Hall–Kier alpha value is -2.11. The van der Waals surface area contributed by atoms with Gasteiger partial charge in [-0.05, 0) is 12.5 Å². The van der Waals surface area contributed by atoms with Crippen LogP contribution in [-0.4, -0.2) is 35.6 Å². The molecule has 6 nitrogen and oxygen atoms in total. The number of carbonyl (C=O) groups excluding carboxylic acids is 1. The number of carboxylic acids is 1. The Morgan fingerprint density at radius 2 is 2.24 bits per heavy atom. The molecule has 6 heteroatoms. The van der Waals surface area contributed by atoms with Crippen LogP contribution in [0.25, 0.3) is 0 Å². The number of amides is 1. The van der Waals surface area contributed by atoms with Crippen LogP contribution < -0.4 is 10.1 Å². The van der Waals surface area contributed by atoms with Crippen LogP contribution in [0.5, 0.6) is 5.75 Å². The summed E-state index contributed by atoms with van der Waals surface area (Å²) >= 11 is 0. The van der Waals surface area contributed by atoms with E-state index in [0.717, 1.165) is 0 Å². The minimum absolute atomic E-state index is 0.0500. The fourth-order valence-electron chi connectivity index (χ4n) is 1.16. The first-order chi connectivity index (χ1) is 8.13. The lowest BCUT2D eigenvalue weighted by molar-refractivity contribution is -0.120. The van der Waals surface area contributed by atoms with Crippen molar-refractivity contribution >= 4 is 11.9 Å². The van der Waals surface area contributed by atoms with Crippen molar-refractivity contribution in [2.24, 2.45) is 0 Å². The lowest BCUT2D eigenvalue weighted by Gasteiger charge is -2.05. The van der Waals surface area contributed by atoms with Gasteiger partial charge in [0.15, 0.2) is 0 Å². The summed E-state index contributed by atoms with van der Waals surface area (Å²) in [6.45, 7) is 0.345. The van der Waals surface area contributed by atoms with Gasteiger partial charge in [0.25, 0.3) is 0 Å². The van der Waals surface area contributed by atoms with Crippen LogP contribution in [0.4, 0.5) is 0 Å². The van der Waals surface area contributed by atoms with Gasteiger partial charge in [0.05, 0.1) is 18.4 Å². The monoisotopic (exact) mass is 238 g/mol. The number of pyridine rings is 1. The van der Waals surface area contributed by atoms with Crippen molar-refractivity contribution in [1.82, 2.24) is 10.3 Å². The van der Waals surface area contributed by atoms with E-state index in [1.807, 2.05) is 0 Å². The van der Waals surface area contributed by atoms with E-state index in [1.165, 1.54) is 18.5 Å². The molecule has 1 aromatic heterocycles. The molecule has 0 aliphatic rings. The molecule has 0 saturated heterocycles. The summed E-state index contributed by atoms with van der Waals surface area (Å²) in [7, 11) is 1.57. The van der Waals surface area contributed by atoms with Gasteiger partial charge >= 0.3 is 5.97 Å².